The molecule has 1 fully saturated rings. The molecule has 0 spiro atoms. The van der Waals surface area contributed by atoms with Gasteiger partial charge in [-0.05, 0) is 39.5 Å². The van der Waals surface area contributed by atoms with Crippen LogP contribution >= 0.6 is 0 Å². The van der Waals surface area contributed by atoms with Gasteiger partial charge in [-0.25, -0.2) is 0 Å². The second kappa shape index (κ2) is 5.65. The Morgan fingerprint density at radius 2 is 2.12 bits per heavy atom. The molecule has 0 amide bonds. The number of nitrogens with zero attached hydrogens (tertiary/aromatic N) is 1. The highest BCUT2D eigenvalue weighted by molar-refractivity contribution is 5.22. The summed E-state index contributed by atoms with van der Waals surface area (Å²) in [6.45, 7) is 9.16. The quantitative estimate of drug-likeness (QED) is 0.841. The minimum Gasteiger partial charge on any atom is -0.381 e. The van der Waals surface area contributed by atoms with Gasteiger partial charge in [0.25, 0.3) is 0 Å². The van der Waals surface area contributed by atoms with E-state index in [1.165, 1.54) is 24.1 Å². The maximum Gasteiger partial charge on any atom is 0.0638 e. The molecule has 4 heteroatoms. The highest BCUT2D eigenvalue weighted by Gasteiger charge is 2.20. The number of H-pyrrole nitrogens is 1. The lowest BCUT2D eigenvalue weighted by Crippen LogP contribution is -2.36. The van der Waals surface area contributed by atoms with Crippen LogP contribution in [-0.2, 0) is 11.3 Å². The summed E-state index contributed by atoms with van der Waals surface area (Å²) < 4.78 is 5.40. The molecule has 96 valence electrons. The van der Waals surface area contributed by atoms with E-state index in [4.69, 9.17) is 4.74 Å². The zero-order valence-corrected chi connectivity index (χ0v) is 11.0. The van der Waals surface area contributed by atoms with Gasteiger partial charge in [0.15, 0.2) is 0 Å². The number of rotatable bonds is 4. The first-order valence-corrected chi connectivity index (χ1v) is 6.50. The van der Waals surface area contributed by atoms with Crippen LogP contribution in [0.1, 0.15) is 36.7 Å². The van der Waals surface area contributed by atoms with Crippen LogP contribution in [0.2, 0.25) is 0 Å². The van der Waals surface area contributed by atoms with Crippen molar-refractivity contribution in [2.75, 3.05) is 13.2 Å². The number of aromatic nitrogens is 2. The van der Waals surface area contributed by atoms with Crippen LogP contribution in [0, 0.1) is 19.8 Å². The van der Waals surface area contributed by atoms with Crippen molar-refractivity contribution in [2.45, 2.75) is 46.2 Å². The van der Waals surface area contributed by atoms with Crippen LogP contribution in [0.3, 0.4) is 0 Å². The van der Waals surface area contributed by atoms with Crippen molar-refractivity contribution in [3.8, 4) is 0 Å². The van der Waals surface area contributed by atoms with E-state index in [1.807, 2.05) is 0 Å². The Bertz CT molecular complexity index is 336. The van der Waals surface area contributed by atoms with Crippen molar-refractivity contribution in [1.82, 2.24) is 15.5 Å². The second-order valence-electron chi connectivity index (χ2n) is 5.03. The molecule has 2 heterocycles. The number of aryl methyl sites for hydroxylation is 2. The molecule has 4 nitrogen and oxygen atoms in total. The maximum absolute atomic E-state index is 5.40. The van der Waals surface area contributed by atoms with E-state index < -0.39 is 0 Å². The Morgan fingerprint density at radius 1 is 1.41 bits per heavy atom. The lowest BCUT2D eigenvalue weighted by molar-refractivity contribution is 0.0557. The smallest absolute Gasteiger partial charge is 0.0638 e. The first-order valence-electron chi connectivity index (χ1n) is 6.50. The van der Waals surface area contributed by atoms with Crippen LogP contribution in [0.4, 0.5) is 0 Å². The number of nitrogens with one attached hydrogen (secondary N) is 2. The van der Waals surface area contributed by atoms with Gasteiger partial charge in [0.2, 0.25) is 0 Å². The van der Waals surface area contributed by atoms with Crippen molar-refractivity contribution < 1.29 is 4.74 Å². The van der Waals surface area contributed by atoms with Gasteiger partial charge in [-0.1, -0.05) is 0 Å². The monoisotopic (exact) mass is 237 g/mol. The third-order valence-electron chi connectivity index (χ3n) is 3.85. The SMILES string of the molecule is Cc1n[nH]c(C)c1CNC(C)C1CCOCC1. The zero-order valence-electron chi connectivity index (χ0n) is 11.0. The molecule has 17 heavy (non-hydrogen) atoms. The van der Waals surface area contributed by atoms with Crippen molar-refractivity contribution in [3.63, 3.8) is 0 Å². The molecule has 0 radical (unpaired) electrons. The Balaban J connectivity index is 1.85. The first kappa shape index (κ1) is 12.6. The molecule has 2 N–H and O–H groups in total. The molecule has 2 rings (SSSR count). The van der Waals surface area contributed by atoms with E-state index in [2.05, 4.69) is 36.3 Å². The molecule has 1 unspecified atom stereocenters. The average molecular weight is 237 g/mol. The average Bonchev–Trinajstić information content (AvgIpc) is 2.67. The minimum absolute atomic E-state index is 0.549. The first-order chi connectivity index (χ1) is 8.18. The summed E-state index contributed by atoms with van der Waals surface area (Å²) in [5, 5.41) is 10.9. The molecule has 1 saturated heterocycles. The summed E-state index contributed by atoms with van der Waals surface area (Å²) in [4.78, 5) is 0. The van der Waals surface area contributed by atoms with E-state index in [1.54, 1.807) is 0 Å². The Hall–Kier alpha value is -0.870. The lowest BCUT2D eigenvalue weighted by Gasteiger charge is -2.28. The van der Waals surface area contributed by atoms with E-state index in [0.717, 1.165) is 31.4 Å². The second-order valence-corrected chi connectivity index (χ2v) is 5.03. The molecule has 0 aromatic carbocycles. The maximum atomic E-state index is 5.40. The zero-order chi connectivity index (χ0) is 12.3. The van der Waals surface area contributed by atoms with Gasteiger partial charge in [-0.15, -0.1) is 0 Å². The molecule has 1 aliphatic heterocycles. The fourth-order valence-electron chi connectivity index (χ4n) is 2.48. The molecule has 0 saturated carbocycles. The van der Waals surface area contributed by atoms with E-state index >= 15 is 0 Å². The highest BCUT2D eigenvalue weighted by Crippen LogP contribution is 2.19. The fourth-order valence-corrected chi connectivity index (χ4v) is 2.48. The molecule has 1 aromatic heterocycles. The van der Waals surface area contributed by atoms with Crippen molar-refractivity contribution >= 4 is 0 Å². The topological polar surface area (TPSA) is 49.9 Å². The number of hydrogen-bond acceptors (Lipinski definition) is 3. The number of aromatic amines is 1. The molecule has 1 aliphatic rings. The summed E-state index contributed by atoms with van der Waals surface area (Å²) in [5.41, 5.74) is 3.59. The van der Waals surface area contributed by atoms with Crippen LogP contribution in [0.5, 0.6) is 0 Å². The number of hydrogen-bond donors (Lipinski definition) is 2. The van der Waals surface area contributed by atoms with Gasteiger partial charge in [0.05, 0.1) is 5.69 Å². The minimum atomic E-state index is 0.549. The summed E-state index contributed by atoms with van der Waals surface area (Å²) in [5.74, 6) is 0.747. The molecular weight excluding hydrogens is 214 g/mol. The molecule has 0 bridgehead atoms. The van der Waals surface area contributed by atoms with Crippen molar-refractivity contribution in [1.29, 1.82) is 0 Å². The Morgan fingerprint density at radius 3 is 2.71 bits per heavy atom. The van der Waals surface area contributed by atoms with E-state index in [9.17, 15) is 0 Å². The number of ether oxygens (including phenoxy) is 1. The largest absolute Gasteiger partial charge is 0.381 e. The molecule has 1 aromatic rings. The molecule has 0 aliphatic carbocycles. The van der Waals surface area contributed by atoms with Crippen molar-refractivity contribution in [3.05, 3.63) is 17.0 Å². The molecule has 1 atom stereocenters. The summed E-state index contributed by atoms with van der Waals surface area (Å²) in [6.07, 6.45) is 2.36. The van der Waals surface area contributed by atoms with Gasteiger partial charge < -0.3 is 10.1 Å². The third kappa shape index (κ3) is 3.07. The van der Waals surface area contributed by atoms with Gasteiger partial charge in [-0.2, -0.15) is 5.10 Å². The van der Waals surface area contributed by atoms with Crippen LogP contribution in [0.25, 0.3) is 0 Å². The summed E-state index contributed by atoms with van der Waals surface area (Å²) in [7, 11) is 0. The lowest BCUT2D eigenvalue weighted by atomic mass is 9.93. The Kier molecular flexibility index (Phi) is 4.18. The van der Waals surface area contributed by atoms with Crippen molar-refractivity contribution in [2.24, 2.45) is 5.92 Å². The predicted octanol–water partition coefficient (Wildman–Crippen LogP) is 1.93. The van der Waals surface area contributed by atoms with Gasteiger partial charge >= 0.3 is 0 Å². The predicted molar refractivity (Wildman–Crippen MR) is 67.9 cm³/mol. The van der Waals surface area contributed by atoms with Gasteiger partial charge in [0.1, 0.15) is 0 Å². The van der Waals surface area contributed by atoms with E-state index in [-0.39, 0.29) is 0 Å². The van der Waals surface area contributed by atoms with Crippen LogP contribution in [0.15, 0.2) is 0 Å². The Labute approximate surface area is 103 Å². The van der Waals surface area contributed by atoms with E-state index in [0.29, 0.717) is 6.04 Å². The molecular formula is C13H23N3O. The summed E-state index contributed by atoms with van der Waals surface area (Å²) >= 11 is 0. The van der Waals surface area contributed by atoms with Gasteiger partial charge in [0, 0.05) is 37.1 Å². The standard InChI is InChI=1S/C13H23N3O/c1-9(12-4-6-17-7-5-12)14-8-13-10(2)15-16-11(13)3/h9,12,14H,4-8H2,1-3H3,(H,15,16). The summed E-state index contributed by atoms with van der Waals surface area (Å²) in [6, 6.07) is 0.549. The highest BCUT2D eigenvalue weighted by atomic mass is 16.5. The fraction of sp³-hybridized carbons (Fsp3) is 0.769. The third-order valence-corrected chi connectivity index (χ3v) is 3.85. The normalized spacial score (nSPS) is 19.5. The van der Waals surface area contributed by atoms with Crippen LogP contribution < -0.4 is 5.32 Å². The van der Waals surface area contributed by atoms with Crippen LogP contribution in [-0.4, -0.2) is 29.5 Å². The van der Waals surface area contributed by atoms with Gasteiger partial charge in [-0.3, -0.25) is 5.10 Å².